The quantitative estimate of drug-likeness (QED) is 0.698. The zero-order valence-electron chi connectivity index (χ0n) is 17.3. The molecule has 1 amide bonds. The number of aryl methyl sites for hydroxylation is 2. The van der Waals surface area contributed by atoms with E-state index in [2.05, 4.69) is 43.2 Å². The van der Waals surface area contributed by atoms with Gasteiger partial charge in [0.1, 0.15) is 17.8 Å². The van der Waals surface area contributed by atoms with Gasteiger partial charge in [0.15, 0.2) is 0 Å². The van der Waals surface area contributed by atoms with Crippen LogP contribution in [0.25, 0.3) is 11.0 Å². The van der Waals surface area contributed by atoms with E-state index in [1.807, 2.05) is 38.2 Å². The second kappa shape index (κ2) is 8.21. The van der Waals surface area contributed by atoms with Gasteiger partial charge in [0.2, 0.25) is 5.91 Å². The molecule has 152 valence electrons. The van der Waals surface area contributed by atoms with Crippen LogP contribution in [0.5, 0.6) is 0 Å². The number of H-pyrrole nitrogens is 1. The maximum absolute atomic E-state index is 12.5. The number of aromatic nitrogens is 3. The fraction of sp³-hybridized carbons (Fsp3) is 0.409. The molecule has 4 rings (SSSR count). The minimum absolute atomic E-state index is 0.0512. The molecule has 1 fully saturated rings. The molecular weight excluding hydrogens is 364 g/mol. The molecule has 1 aromatic carbocycles. The molecule has 2 aromatic heterocycles. The highest BCUT2D eigenvalue weighted by Gasteiger charge is 2.25. The van der Waals surface area contributed by atoms with Gasteiger partial charge in [0.05, 0.1) is 11.9 Å². The predicted octanol–water partition coefficient (Wildman–Crippen LogP) is 3.11. The summed E-state index contributed by atoms with van der Waals surface area (Å²) in [5.41, 5.74) is 4.01. The first kappa shape index (κ1) is 19.4. The summed E-state index contributed by atoms with van der Waals surface area (Å²) >= 11 is 0. The number of rotatable bonds is 5. The highest BCUT2D eigenvalue weighted by Crippen LogP contribution is 2.26. The lowest BCUT2D eigenvalue weighted by Gasteiger charge is -2.37. The van der Waals surface area contributed by atoms with Gasteiger partial charge in [0.25, 0.3) is 0 Å². The van der Waals surface area contributed by atoms with Crippen molar-refractivity contribution >= 4 is 28.4 Å². The number of hydrogen-bond donors (Lipinski definition) is 2. The SMILES string of the molecule is Cc1ccc(C)c(NC(=O)CN2CCC(N(C)c3ncnc4[nH]ccc34)CC2)c1. The third-order valence-corrected chi connectivity index (χ3v) is 5.81. The molecule has 3 heterocycles. The van der Waals surface area contributed by atoms with Gasteiger partial charge in [-0.05, 0) is 49.9 Å². The summed E-state index contributed by atoms with van der Waals surface area (Å²) in [5.74, 6) is 1.01. The number of nitrogens with one attached hydrogen (secondary N) is 2. The number of amides is 1. The van der Waals surface area contributed by atoms with Gasteiger partial charge in [-0.3, -0.25) is 9.69 Å². The van der Waals surface area contributed by atoms with Crippen molar-refractivity contribution in [2.24, 2.45) is 0 Å². The van der Waals surface area contributed by atoms with Gasteiger partial charge in [-0.2, -0.15) is 0 Å². The summed E-state index contributed by atoms with van der Waals surface area (Å²) in [4.78, 5) is 28.9. The van der Waals surface area contributed by atoms with Crippen molar-refractivity contribution in [3.05, 3.63) is 47.9 Å². The van der Waals surface area contributed by atoms with Gasteiger partial charge in [0, 0.05) is 38.1 Å². The van der Waals surface area contributed by atoms with Crippen LogP contribution in [0, 0.1) is 13.8 Å². The smallest absolute Gasteiger partial charge is 0.238 e. The molecule has 1 aliphatic heterocycles. The normalized spacial score (nSPS) is 15.6. The van der Waals surface area contributed by atoms with Crippen LogP contribution in [0.4, 0.5) is 11.5 Å². The fourth-order valence-electron chi connectivity index (χ4n) is 4.04. The molecule has 29 heavy (non-hydrogen) atoms. The molecule has 0 spiro atoms. The Hall–Kier alpha value is -2.93. The molecule has 0 bridgehead atoms. The Morgan fingerprint density at radius 2 is 2.03 bits per heavy atom. The molecule has 7 nitrogen and oxygen atoms in total. The van der Waals surface area contributed by atoms with E-state index in [9.17, 15) is 4.79 Å². The van der Waals surface area contributed by atoms with E-state index in [1.165, 1.54) is 0 Å². The minimum Gasteiger partial charge on any atom is -0.356 e. The van der Waals surface area contributed by atoms with Crippen molar-refractivity contribution in [3.63, 3.8) is 0 Å². The maximum atomic E-state index is 12.5. The van der Waals surface area contributed by atoms with Gasteiger partial charge in [-0.25, -0.2) is 9.97 Å². The number of carbonyl (C=O) groups is 1. The van der Waals surface area contributed by atoms with Crippen molar-refractivity contribution in [2.75, 3.05) is 36.9 Å². The van der Waals surface area contributed by atoms with E-state index in [1.54, 1.807) is 6.33 Å². The average Bonchev–Trinajstić information content (AvgIpc) is 3.20. The topological polar surface area (TPSA) is 77.2 Å². The first-order valence-corrected chi connectivity index (χ1v) is 10.1. The summed E-state index contributed by atoms with van der Waals surface area (Å²) in [6.07, 6.45) is 5.51. The number of likely N-dealkylation sites (tertiary alicyclic amines) is 1. The van der Waals surface area contributed by atoms with Crippen LogP contribution < -0.4 is 10.2 Å². The van der Waals surface area contributed by atoms with Crippen LogP contribution in [0.3, 0.4) is 0 Å². The summed E-state index contributed by atoms with van der Waals surface area (Å²) in [6.45, 7) is 6.28. The van der Waals surface area contributed by atoms with Gasteiger partial charge < -0.3 is 15.2 Å². The second-order valence-electron chi connectivity index (χ2n) is 7.92. The highest BCUT2D eigenvalue weighted by molar-refractivity contribution is 5.93. The standard InChI is InChI=1S/C22H28N6O/c1-15-4-5-16(2)19(12-15)26-20(29)13-28-10-7-17(8-11-28)27(3)22-18-6-9-23-21(18)24-14-25-22/h4-6,9,12,14,17H,7-8,10-11,13H2,1-3H3,(H,26,29)(H,23,24,25). The van der Waals surface area contributed by atoms with Crippen molar-refractivity contribution in [1.29, 1.82) is 0 Å². The minimum atomic E-state index is 0.0512. The summed E-state index contributed by atoms with van der Waals surface area (Å²) in [5, 5.41) is 4.11. The van der Waals surface area contributed by atoms with E-state index < -0.39 is 0 Å². The summed E-state index contributed by atoms with van der Waals surface area (Å²) in [7, 11) is 2.10. The Bertz CT molecular complexity index is 1010. The Balaban J connectivity index is 1.33. The summed E-state index contributed by atoms with van der Waals surface area (Å²) < 4.78 is 0. The van der Waals surface area contributed by atoms with Crippen LogP contribution >= 0.6 is 0 Å². The molecule has 7 heteroatoms. The number of fused-ring (bicyclic) bond motifs is 1. The van der Waals surface area contributed by atoms with Gasteiger partial charge in [-0.1, -0.05) is 12.1 Å². The maximum Gasteiger partial charge on any atom is 0.238 e. The van der Waals surface area contributed by atoms with E-state index in [0.29, 0.717) is 12.6 Å². The Labute approximate surface area is 171 Å². The Morgan fingerprint density at radius 3 is 2.83 bits per heavy atom. The number of carbonyl (C=O) groups excluding carboxylic acids is 1. The van der Waals surface area contributed by atoms with Crippen LogP contribution in [0.15, 0.2) is 36.8 Å². The van der Waals surface area contributed by atoms with Crippen molar-refractivity contribution < 1.29 is 4.79 Å². The van der Waals surface area contributed by atoms with Crippen LogP contribution in [-0.4, -0.2) is 58.5 Å². The van der Waals surface area contributed by atoms with Crippen LogP contribution in [0.2, 0.25) is 0 Å². The molecular formula is C22H28N6O. The van der Waals surface area contributed by atoms with E-state index >= 15 is 0 Å². The molecule has 1 saturated heterocycles. The molecule has 0 unspecified atom stereocenters. The number of hydrogen-bond acceptors (Lipinski definition) is 5. The molecule has 0 atom stereocenters. The number of benzene rings is 1. The van der Waals surface area contributed by atoms with Gasteiger partial charge >= 0.3 is 0 Å². The fourth-order valence-corrected chi connectivity index (χ4v) is 4.04. The number of aromatic amines is 1. The Morgan fingerprint density at radius 1 is 1.24 bits per heavy atom. The third-order valence-electron chi connectivity index (χ3n) is 5.81. The largest absolute Gasteiger partial charge is 0.356 e. The lowest BCUT2D eigenvalue weighted by molar-refractivity contribution is -0.117. The number of piperidine rings is 1. The van der Waals surface area contributed by atoms with Gasteiger partial charge in [-0.15, -0.1) is 0 Å². The lowest BCUT2D eigenvalue weighted by Crippen LogP contribution is -2.46. The van der Waals surface area contributed by atoms with Crippen molar-refractivity contribution in [2.45, 2.75) is 32.7 Å². The Kier molecular flexibility index (Phi) is 5.49. The van der Waals surface area contributed by atoms with E-state index in [0.717, 1.165) is 59.6 Å². The van der Waals surface area contributed by atoms with Crippen LogP contribution in [0.1, 0.15) is 24.0 Å². The monoisotopic (exact) mass is 392 g/mol. The van der Waals surface area contributed by atoms with E-state index in [4.69, 9.17) is 0 Å². The second-order valence-corrected chi connectivity index (χ2v) is 7.92. The molecule has 3 aromatic rings. The number of anilines is 2. The third kappa shape index (κ3) is 4.24. The first-order valence-electron chi connectivity index (χ1n) is 10.1. The average molecular weight is 393 g/mol. The molecule has 0 saturated carbocycles. The molecule has 0 aliphatic carbocycles. The molecule has 2 N–H and O–H groups in total. The van der Waals surface area contributed by atoms with E-state index in [-0.39, 0.29) is 5.91 Å². The zero-order chi connectivity index (χ0) is 20.4. The van der Waals surface area contributed by atoms with Crippen molar-refractivity contribution in [3.8, 4) is 0 Å². The first-order chi connectivity index (χ1) is 14.0. The molecule has 1 aliphatic rings. The molecule has 0 radical (unpaired) electrons. The zero-order valence-corrected chi connectivity index (χ0v) is 17.3. The summed E-state index contributed by atoms with van der Waals surface area (Å²) in [6, 6.07) is 8.55. The predicted molar refractivity (Wildman–Crippen MR) is 116 cm³/mol. The van der Waals surface area contributed by atoms with Crippen LogP contribution in [-0.2, 0) is 4.79 Å². The highest BCUT2D eigenvalue weighted by atomic mass is 16.2. The lowest BCUT2D eigenvalue weighted by atomic mass is 10.0. The van der Waals surface area contributed by atoms with Crippen molar-refractivity contribution in [1.82, 2.24) is 19.9 Å². The number of nitrogens with zero attached hydrogens (tertiary/aromatic N) is 4.